The zero-order chi connectivity index (χ0) is 26.8. The second-order valence-corrected chi connectivity index (χ2v) is 11.1. The molecule has 208 valence electrons. The molecule has 38 heavy (non-hydrogen) atoms. The molecule has 3 heterocycles. The van der Waals surface area contributed by atoms with Gasteiger partial charge in [0.2, 0.25) is 17.7 Å². The smallest absolute Gasteiger partial charge is 0.246 e. The van der Waals surface area contributed by atoms with Gasteiger partial charge in [0.05, 0.1) is 12.1 Å². The third-order valence-electron chi connectivity index (χ3n) is 8.87. The molecule has 3 amide bonds. The van der Waals surface area contributed by atoms with Crippen LogP contribution in [0.3, 0.4) is 0 Å². The van der Waals surface area contributed by atoms with Crippen molar-refractivity contribution in [1.29, 1.82) is 0 Å². The summed E-state index contributed by atoms with van der Waals surface area (Å²) in [7, 11) is 1.70. The second-order valence-electron chi connectivity index (χ2n) is 11.1. The van der Waals surface area contributed by atoms with Gasteiger partial charge in [0.15, 0.2) is 0 Å². The number of carbonyl (C=O) groups is 3. The van der Waals surface area contributed by atoms with Gasteiger partial charge >= 0.3 is 0 Å². The molecule has 3 N–H and O–H groups in total. The first-order valence-electron chi connectivity index (χ1n) is 14.0. The number of benzene rings is 1. The number of nitrogens with zero attached hydrogens (tertiary/aromatic N) is 2. The van der Waals surface area contributed by atoms with E-state index in [1.165, 1.54) is 0 Å². The number of hydrogen-bond acceptors (Lipinski definition) is 6. The molecule has 6 atom stereocenters. The summed E-state index contributed by atoms with van der Waals surface area (Å²) in [6.07, 6.45) is 2.36. The van der Waals surface area contributed by atoms with Crippen LogP contribution in [-0.4, -0.2) is 97.8 Å². The van der Waals surface area contributed by atoms with Crippen molar-refractivity contribution in [3.05, 3.63) is 35.4 Å². The molecular formula is C28H40FN5O4. The van der Waals surface area contributed by atoms with Gasteiger partial charge in [-0.1, -0.05) is 24.3 Å². The van der Waals surface area contributed by atoms with E-state index in [-0.39, 0.29) is 36.1 Å². The fourth-order valence-corrected chi connectivity index (χ4v) is 6.47. The zero-order valence-electron chi connectivity index (χ0n) is 22.3. The van der Waals surface area contributed by atoms with E-state index in [2.05, 4.69) is 20.9 Å². The Morgan fingerprint density at radius 3 is 2.63 bits per heavy atom. The normalized spacial score (nSPS) is 29.3. The molecule has 5 rings (SSSR count). The van der Waals surface area contributed by atoms with E-state index in [0.29, 0.717) is 39.1 Å². The molecule has 3 fully saturated rings. The van der Waals surface area contributed by atoms with Crippen molar-refractivity contribution in [2.45, 2.75) is 75.4 Å². The number of hydrogen-bond donors (Lipinski definition) is 3. The van der Waals surface area contributed by atoms with Crippen molar-refractivity contribution >= 4 is 17.7 Å². The van der Waals surface area contributed by atoms with Crippen molar-refractivity contribution in [2.24, 2.45) is 5.92 Å². The van der Waals surface area contributed by atoms with Crippen molar-refractivity contribution < 1.29 is 23.5 Å². The summed E-state index contributed by atoms with van der Waals surface area (Å²) in [6, 6.07) is 5.00. The van der Waals surface area contributed by atoms with E-state index >= 15 is 4.39 Å². The Kier molecular flexibility index (Phi) is 8.30. The Morgan fingerprint density at radius 2 is 1.87 bits per heavy atom. The molecule has 0 aromatic heterocycles. The van der Waals surface area contributed by atoms with E-state index in [0.717, 1.165) is 30.5 Å². The highest BCUT2D eigenvalue weighted by atomic mass is 19.1. The van der Waals surface area contributed by atoms with Gasteiger partial charge in [-0.15, -0.1) is 0 Å². The highest BCUT2D eigenvalue weighted by Crippen LogP contribution is 2.34. The number of piperazine rings is 1. The minimum Gasteiger partial charge on any atom is -0.381 e. The Hall–Kier alpha value is -2.56. The Bertz CT molecular complexity index is 1030. The van der Waals surface area contributed by atoms with Crippen LogP contribution >= 0.6 is 0 Å². The third-order valence-corrected chi connectivity index (χ3v) is 8.87. The predicted molar refractivity (Wildman–Crippen MR) is 140 cm³/mol. The minimum absolute atomic E-state index is 0.0773. The van der Waals surface area contributed by atoms with E-state index < -0.39 is 30.3 Å². The number of halogens is 1. The maximum atomic E-state index is 15.0. The summed E-state index contributed by atoms with van der Waals surface area (Å²) >= 11 is 0. The van der Waals surface area contributed by atoms with Gasteiger partial charge in [0.25, 0.3) is 0 Å². The quantitative estimate of drug-likeness (QED) is 0.486. The summed E-state index contributed by atoms with van der Waals surface area (Å²) in [5.41, 5.74) is 1.71. The van der Waals surface area contributed by atoms with E-state index in [4.69, 9.17) is 4.74 Å². The lowest BCUT2D eigenvalue weighted by molar-refractivity contribution is -0.150. The number of fused-ring (bicyclic) bond motifs is 2. The SMILES string of the molecule is CN[C@@H](C)C(=O)N[C@H](C(=O)N1CC2CCCN2CC1C(=O)N[C@H]1c2ccccc2C[C@@H]1F)C1CCOCC1. The average Bonchev–Trinajstić information content (AvgIpc) is 3.53. The molecule has 3 aliphatic heterocycles. The maximum Gasteiger partial charge on any atom is 0.246 e. The molecule has 4 aliphatic rings. The molecule has 1 aromatic carbocycles. The average molecular weight is 530 g/mol. The van der Waals surface area contributed by atoms with Gasteiger partial charge in [0.1, 0.15) is 18.3 Å². The summed E-state index contributed by atoms with van der Waals surface area (Å²) in [5, 5.41) is 8.88. The number of nitrogens with one attached hydrogen (secondary N) is 3. The topological polar surface area (TPSA) is 103 Å². The summed E-state index contributed by atoms with van der Waals surface area (Å²) in [5.74, 6) is -0.898. The van der Waals surface area contributed by atoms with Gasteiger partial charge in [-0.05, 0) is 63.2 Å². The van der Waals surface area contributed by atoms with Gasteiger partial charge in [0, 0.05) is 38.8 Å². The molecule has 0 radical (unpaired) electrons. The lowest BCUT2D eigenvalue weighted by Gasteiger charge is -2.45. The molecule has 0 saturated carbocycles. The van der Waals surface area contributed by atoms with Crippen LogP contribution in [0.4, 0.5) is 4.39 Å². The molecule has 9 nitrogen and oxygen atoms in total. The molecule has 1 aromatic rings. The first kappa shape index (κ1) is 27.0. The van der Waals surface area contributed by atoms with Crippen LogP contribution in [0, 0.1) is 5.92 Å². The predicted octanol–water partition coefficient (Wildman–Crippen LogP) is 0.933. The molecule has 10 heteroatoms. The van der Waals surface area contributed by atoms with Crippen molar-refractivity contribution in [3.63, 3.8) is 0 Å². The second kappa shape index (κ2) is 11.7. The Morgan fingerprint density at radius 1 is 1.11 bits per heavy atom. The van der Waals surface area contributed by atoms with Crippen LogP contribution in [0.5, 0.6) is 0 Å². The number of alkyl halides is 1. The number of carbonyl (C=O) groups excluding carboxylic acids is 3. The molecule has 0 spiro atoms. The highest BCUT2D eigenvalue weighted by molar-refractivity contribution is 5.93. The first-order valence-corrected chi connectivity index (χ1v) is 14.0. The van der Waals surface area contributed by atoms with Gasteiger partial charge in [-0.3, -0.25) is 19.3 Å². The van der Waals surface area contributed by atoms with Crippen LogP contribution in [0.25, 0.3) is 0 Å². The molecule has 2 unspecified atom stereocenters. The van der Waals surface area contributed by atoms with Crippen LogP contribution in [0.1, 0.15) is 49.8 Å². The van der Waals surface area contributed by atoms with Gasteiger partial charge < -0.3 is 25.6 Å². The number of amides is 3. The standard InChI is InChI=1S/C28H40FN5O4/c1-17(30-2)26(35)31-24(18-9-12-38-13-10-18)28(37)34-15-20-7-5-11-33(20)16-23(34)27(36)32-25-21-8-4-3-6-19(21)14-22(25)29/h3-4,6,8,17-18,20,22-25,30H,5,7,9-16H2,1-2H3,(H,31,35)(H,32,36)/t17-,20?,22-,23?,24-,25-/m0/s1. The van der Waals surface area contributed by atoms with Crippen LogP contribution in [-0.2, 0) is 25.5 Å². The lowest BCUT2D eigenvalue weighted by Crippen LogP contribution is -2.66. The van der Waals surface area contributed by atoms with Crippen LogP contribution in [0.2, 0.25) is 0 Å². The third kappa shape index (κ3) is 5.44. The van der Waals surface area contributed by atoms with Crippen molar-refractivity contribution in [1.82, 2.24) is 25.8 Å². The number of rotatable bonds is 7. The molecule has 3 saturated heterocycles. The van der Waals surface area contributed by atoms with E-state index in [1.54, 1.807) is 18.9 Å². The van der Waals surface area contributed by atoms with E-state index in [1.807, 2.05) is 24.3 Å². The largest absolute Gasteiger partial charge is 0.381 e. The van der Waals surface area contributed by atoms with Crippen LogP contribution in [0.15, 0.2) is 24.3 Å². The molecule has 1 aliphatic carbocycles. The van der Waals surface area contributed by atoms with Crippen molar-refractivity contribution in [2.75, 3.05) is 39.9 Å². The Labute approximate surface area is 223 Å². The first-order chi connectivity index (χ1) is 18.4. The molecule has 0 bridgehead atoms. The number of likely N-dealkylation sites (N-methyl/N-ethyl adjacent to an activating group) is 1. The summed E-state index contributed by atoms with van der Waals surface area (Å²) in [4.78, 5) is 44.8. The highest BCUT2D eigenvalue weighted by Gasteiger charge is 2.46. The van der Waals surface area contributed by atoms with Crippen molar-refractivity contribution in [3.8, 4) is 0 Å². The van der Waals surface area contributed by atoms with Gasteiger partial charge in [-0.25, -0.2) is 4.39 Å². The zero-order valence-corrected chi connectivity index (χ0v) is 22.3. The Balaban J connectivity index is 1.39. The number of ether oxygens (including phenoxy) is 1. The fraction of sp³-hybridized carbons (Fsp3) is 0.679. The van der Waals surface area contributed by atoms with E-state index in [9.17, 15) is 14.4 Å². The summed E-state index contributed by atoms with van der Waals surface area (Å²) in [6.45, 7) is 4.54. The van der Waals surface area contributed by atoms with Crippen LogP contribution < -0.4 is 16.0 Å². The fourth-order valence-electron chi connectivity index (χ4n) is 6.47. The summed E-state index contributed by atoms with van der Waals surface area (Å²) < 4.78 is 20.6. The van der Waals surface area contributed by atoms with Gasteiger partial charge in [-0.2, -0.15) is 0 Å². The maximum absolute atomic E-state index is 15.0. The molecular weight excluding hydrogens is 489 g/mol. The monoisotopic (exact) mass is 529 g/mol. The lowest BCUT2D eigenvalue weighted by atomic mass is 9.89. The minimum atomic E-state index is -1.21.